The number of carbonyl (C=O) groups is 3. The maximum atomic E-state index is 11.6. The molecule has 0 radical (unpaired) electrons. The van der Waals surface area contributed by atoms with Crippen molar-refractivity contribution in [1.82, 2.24) is 10.2 Å². The van der Waals surface area contributed by atoms with Gasteiger partial charge in [0, 0.05) is 5.92 Å². The van der Waals surface area contributed by atoms with E-state index in [-0.39, 0.29) is 43.1 Å². The van der Waals surface area contributed by atoms with E-state index >= 15 is 0 Å². The summed E-state index contributed by atoms with van der Waals surface area (Å²) in [6.45, 7) is 4.25. The third-order valence-corrected chi connectivity index (χ3v) is 2.55. The molecular formula is C10H16N2O3. The monoisotopic (exact) mass is 212 g/mol. The van der Waals surface area contributed by atoms with E-state index in [0.717, 1.165) is 6.42 Å². The summed E-state index contributed by atoms with van der Waals surface area (Å²) in [5.41, 5.74) is 0. The van der Waals surface area contributed by atoms with Crippen molar-refractivity contribution in [3.63, 3.8) is 0 Å². The van der Waals surface area contributed by atoms with Crippen LogP contribution in [0, 0.1) is 5.92 Å². The van der Waals surface area contributed by atoms with Gasteiger partial charge in [-0.2, -0.15) is 0 Å². The van der Waals surface area contributed by atoms with Crippen LogP contribution in [0.3, 0.4) is 0 Å². The number of Topliss-reactive ketones (excluding diaryl/α,β-unsaturated/α-hetero) is 1. The lowest BCUT2D eigenvalue weighted by molar-refractivity contribution is -0.137. The van der Waals surface area contributed by atoms with E-state index in [0.29, 0.717) is 0 Å². The van der Waals surface area contributed by atoms with Crippen molar-refractivity contribution in [3.05, 3.63) is 0 Å². The molecule has 1 aliphatic heterocycles. The molecule has 0 aromatic carbocycles. The molecule has 1 atom stereocenters. The number of hydrogen-bond acceptors (Lipinski definition) is 4. The van der Waals surface area contributed by atoms with Crippen LogP contribution in [0.5, 0.6) is 0 Å². The molecule has 5 heteroatoms. The third-order valence-electron chi connectivity index (χ3n) is 2.55. The van der Waals surface area contributed by atoms with Crippen LogP contribution in [-0.4, -0.2) is 42.1 Å². The number of nitrogens with one attached hydrogen (secondary N) is 1. The number of rotatable bonds is 4. The van der Waals surface area contributed by atoms with E-state index < -0.39 is 0 Å². The molecule has 1 rings (SSSR count). The summed E-state index contributed by atoms with van der Waals surface area (Å²) >= 11 is 0. The molecule has 0 aliphatic carbocycles. The van der Waals surface area contributed by atoms with Gasteiger partial charge in [-0.3, -0.25) is 24.6 Å². The molecule has 0 aromatic heterocycles. The Morgan fingerprint density at radius 3 is 2.40 bits per heavy atom. The smallest absolute Gasteiger partial charge is 0.240 e. The van der Waals surface area contributed by atoms with E-state index in [2.05, 4.69) is 5.32 Å². The summed E-state index contributed by atoms with van der Waals surface area (Å²) in [6, 6.07) is 0. The fraction of sp³-hybridized carbons (Fsp3) is 0.700. The van der Waals surface area contributed by atoms with E-state index in [9.17, 15) is 14.4 Å². The van der Waals surface area contributed by atoms with Gasteiger partial charge in [-0.15, -0.1) is 0 Å². The molecule has 1 N–H and O–H groups in total. The lowest BCUT2D eigenvalue weighted by Gasteiger charge is -2.25. The fourth-order valence-electron chi connectivity index (χ4n) is 1.41. The Bertz CT molecular complexity index is 272. The van der Waals surface area contributed by atoms with Gasteiger partial charge in [-0.1, -0.05) is 13.8 Å². The predicted molar refractivity (Wildman–Crippen MR) is 54.1 cm³/mol. The maximum Gasteiger partial charge on any atom is 0.240 e. The van der Waals surface area contributed by atoms with Crippen LogP contribution in [0.4, 0.5) is 0 Å². The molecule has 2 amide bonds. The maximum absolute atomic E-state index is 11.6. The van der Waals surface area contributed by atoms with Crippen molar-refractivity contribution in [1.29, 1.82) is 0 Å². The number of imide groups is 1. The summed E-state index contributed by atoms with van der Waals surface area (Å²) in [7, 11) is 0. The summed E-state index contributed by atoms with van der Waals surface area (Å²) < 4.78 is 0. The summed E-state index contributed by atoms with van der Waals surface area (Å²) in [6.07, 6.45) is 0.785. The van der Waals surface area contributed by atoms with Crippen LogP contribution in [0.15, 0.2) is 0 Å². The molecule has 0 saturated carbocycles. The minimum atomic E-state index is -0.330. The lowest BCUT2D eigenvalue weighted by atomic mass is 10.0. The van der Waals surface area contributed by atoms with E-state index in [1.165, 1.54) is 0 Å². The predicted octanol–water partition coefficient (Wildman–Crippen LogP) is -0.440. The molecule has 5 nitrogen and oxygen atoms in total. The second-order valence-corrected chi connectivity index (χ2v) is 3.89. The minimum absolute atomic E-state index is 0.00918. The van der Waals surface area contributed by atoms with Gasteiger partial charge in [-0.05, 0) is 6.42 Å². The van der Waals surface area contributed by atoms with Crippen LogP contribution in [0.2, 0.25) is 0 Å². The summed E-state index contributed by atoms with van der Waals surface area (Å²) in [5, 5.41) is 2.19. The Labute approximate surface area is 88.8 Å². The van der Waals surface area contributed by atoms with Gasteiger partial charge in [0.15, 0.2) is 0 Å². The zero-order valence-corrected chi connectivity index (χ0v) is 9.08. The molecule has 1 aliphatic rings. The van der Waals surface area contributed by atoms with Crippen LogP contribution < -0.4 is 5.32 Å². The van der Waals surface area contributed by atoms with Gasteiger partial charge in [-0.25, -0.2) is 0 Å². The molecule has 0 bridgehead atoms. The van der Waals surface area contributed by atoms with E-state index in [1.54, 1.807) is 4.90 Å². The first-order chi connectivity index (χ1) is 7.02. The van der Waals surface area contributed by atoms with Gasteiger partial charge in [0.2, 0.25) is 11.8 Å². The molecule has 1 unspecified atom stereocenters. The van der Waals surface area contributed by atoms with Crippen LogP contribution >= 0.6 is 0 Å². The zero-order valence-electron chi connectivity index (χ0n) is 9.08. The molecule has 0 spiro atoms. The van der Waals surface area contributed by atoms with Crippen LogP contribution in [-0.2, 0) is 14.4 Å². The SMILES string of the molecule is CCC(C)C(=O)CN1CC(=O)NC(=O)C1. The Morgan fingerprint density at radius 2 is 1.93 bits per heavy atom. The van der Waals surface area contributed by atoms with Crippen molar-refractivity contribution in [3.8, 4) is 0 Å². The second kappa shape index (κ2) is 5.02. The van der Waals surface area contributed by atoms with Crippen molar-refractivity contribution >= 4 is 17.6 Å². The number of hydrogen-bond donors (Lipinski definition) is 1. The summed E-state index contributed by atoms with van der Waals surface area (Å²) in [5.74, 6) is -0.587. The summed E-state index contributed by atoms with van der Waals surface area (Å²) in [4.78, 5) is 35.2. The highest BCUT2D eigenvalue weighted by molar-refractivity contribution is 5.99. The Kier molecular flexibility index (Phi) is 3.96. The molecule has 1 heterocycles. The number of piperazine rings is 1. The second-order valence-electron chi connectivity index (χ2n) is 3.89. The molecule has 1 fully saturated rings. The minimum Gasteiger partial charge on any atom is -0.298 e. The van der Waals surface area contributed by atoms with Crippen molar-refractivity contribution < 1.29 is 14.4 Å². The number of ketones is 1. The highest BCUT2D eigenvalue weighted by Crippen LogP contribution is 2.04. The normalized spacial score (nSPS) is 19.9. The van der Waals surface area contributed by atoms with Crippen LogP contribution in [0.1, 0.15) is 20.3 Å². The van der Waals surface area contributed by atoms with Gasteiger partial charge >= 0.3 is 0 Å². The lowest BCUT2D eigenvalue weighted by Crippen LogP contribution is -2.52. The topological polar surface area (TPSA) is 66.5 Å². The first-order valence-electron chi connectivity index (χ1n) is 5.10. The highest BCUT2D eigenvalue weighted by atomic mass is 16.2. The van der Waals surface area contributed by atoms with Crippen molar-refractivity contribution in [2.24, 2.45) is 5.92 Å². The van der Waals surface area contributed by atoms with E-state index in [1.807, 2.05) is 13.8 Å². The largest absolute Gasteiger partial charge is 0.298 e. The molecule has 0 aromatic rings. The van der Waals surface area contributed by atoms with Gasteiger partial charge < -0.3 is 0 Å². The average Bonchev–Trinajstić information content (AvgIpc) is 2.14. The Hall–Kier alpha value is -1.23. The average molecular weight is 212 g/mol. The van der Waals surface area contributed by atoms with Gasteiger partial charge in [0.05, 0.1) is 19.6 Å². The van der Waals surface area contributed by atoms with E-state index in [4.69, 9.17) is 0 Å². The van der Waals surface area contributed by atoms with Gasteiger partial charge in [0.1, 0.15) is 5.78 Å². The number of carbonyl (C=O) groups excluding carboxylic acids is 3. The molecular weight excluding hydrogens is 196 g/mol. The Morgan fingerprint density at radius 1 is 1.40 bits per heavy atom. The zero-order chi connectivity index (χ0) is 11.4. The van der Waals surface area contributed by atoms with Gasteiger partial charge in [0.25, 0.3) is 0 Å². The number of amides is 2. The quantitative estimate of drug-likeness (QED) is 0.641. The van der Waals surface area contributed by atoms with Crippen molar-refractivity contribution in [2.45, 2.75) is 20.3 Å². The fourth-order valence-corrected chi connectivity index (χ4v) is 1.41. The standard InChI is InChI=1S/C10H16N2O3/c1-3-7(2)8(13)4-12-5-9(14)11-10(15)6-12/h7H,3-6H2,1-2H3,(H,11,14,15). The third kappa shape index (κ3) is 3.43. The molecule has 15 heavy (non-hydrogen) atoms. The number of nitrogens with zero attached hydrogens (tertiary/aromatic N) is 1. The molecule has 84 valence electrons. The Balaban J connectivity index is 2.47. The first kappa shape index (κ1) is 11.8. The van der Waals surface area contributed by atoms with Crippen molar-refractivity contribution in [2.75, 3.05) is 19.6 Å². The molecule has 1 saturated heterocycles. The van der Waals surface area contributed by atoms with Crippen LogP contribution in [0.25, 0.3) is 0 Å². The first-order valence-corrected chi connectivity index (χ1v) is 5.10. The highest BCUT2D eigenvalue weighted by Gasteiger charge is 2.24.